The molecule has 1 fully saturated rings. The molecule has 1 aliphatic heterocycles. The van der Waals surface area contributed by atoms with Crippen LogP contribution in [-0.4, -0.2) is 52.7 Å². The summed E-state index contributed by atoms with van der Waals surface area (Å²) in [4.78, 5) is 17.8. The molecule has 1 unspecified atom stereocenters. The van der Waals surface area contributed by atoms with Gasteiger partial charge >= 0.3 is 6.01 Å². The van der Waals surface area contributed by atoms with E-state index in [0.29, 0.717) is 35.7 Å². The molecule has 0 N–H and O–H groups in total. The van der Waals surface area contributed by atoms with Crippen LogP contribution in [0.4, 0.5) is 4.39 Å². The van der Waals surface area contributed by atoms with Crippen molar-refractivity contribution in [2.45, 2.75) is 25.4 Å². The van der Waals surface area contributed by atoms with Gasteiger partial charge in [0.05, 0.1) is 11.1 Å². The third-order valence-electron chi connectivity index (χ3n) is 5.02. The van der Waals surface area contributed by atoms with E-state index in [0.717, 1.165) is 4.68 Å². The molecule has 164 valence electrons. The van der Waals surface area contributed by atoms with Crippen LogP contribution in [0.3, 0.4) is 0 Å². The maximum Gasteiger partial charge on any atom is 0.323 e. The van der Waals surface area contributed by atoms with Gasteiger partial charge in [-0.3, -0.25) is 4.79 Å². The highest BCUT2D eigenvalue weighted by molar-refractivity contribution is 7.88. The van der Waals surface area contributed by atoms with Crippen LogP contribution in [0.2, 0.25) is 0 Å². The quantitative estimate of drug-likeness (QED) is 0.557. The monoisotopic (exact) mass is 464 g/mol. The highest BCUT2D eigenvalue weighted by Crippen LogP contribution is 2.28. The van der Waals surface area contributed by atoms with Crippen LogP contribution in [-0.2, 0) is 16.6 Å². The number of halogens is 1. The van der Waals surface area contributed by atoms with E-state index in [4.69, 9.17) is 4.74 Å². The number of rotatable bonds is 6. The summed E-state index contributed by atoms with van der Waals surface area (Å²) in [6, 6.07) is 9.30. The normalized spacial score (nSPS) is 17.5. The Morgan fingerprint density at radius 1 is 1.29 bits per heavy atom. The van der Waals surface area contributed by atoms with Crippen LogP contribution in [0.15, 0.2) is 41.8 Å². The van der Waals surface area contributed by atoms with E-state index in [9.17, 15) is 17.6 Å². The van der Waals surface area contributed by atoms with Gasteiger partial charge in [0.25, 0.3) is 5.91 Å². The number of sulfonamides is 1. The Labute approximate surface area is 183 Å². The zero-order valence-corrected chi connectivity index (χ0v) is 18.4. The van der Waals surface area contributed by atoms with Gasteiger partial charge in [-0.25, -0.2) is 17.1 Å². The Morgan fingerprint density at radius 2 is 2.06 bits per heavy atom. The van der Waals surface area contributed by atoms with Crippen molar-refractivity contribution >= 4 is 27.3 Å². The molecule has 0 amide bonds. The molecule has 3 aromatic rings. The van der Waals surface area contributed by atoms with Crippen molar-refractivity contribution in [1.29, 1.82) is 0 Å². The first kappa shape index (κ1) is 21.6. The first-order chi connectivity index (χ1) is 14.8. The Hall–Kier alpha value is -2.63. The van der Waals surface area contributed by atoms with Gasteiger partial charge in [-0.2, -0.15) is 4.98 Å². The van der Waals surface area contributed by atoms with Gasteiger partial charge in [0.2, 0.25) is 10.0 Å². The average molecular weight is 465 g/mol. The van der Waals surface area contributed by atoms with Gasteiger partial charge in [-0.05, 0) is 42.0 Å². The van der Waals surface area contributed by atoms with E-state index in [-0.39, 0.29) is 36.8 Å². The maximum atomic E-state index is 13.1. The molecule has 11 heteroatoms. The standard InChI is InChI=1S/C20H21FN4O4S2/c1-31(27,28)24-10-2-4-15(12-24)18-22-20(29-13-14-6-8-16(21)9-7-14)25(23-18)19(26)17-5-3-11-30-17/h3,5-9,11,15H,2,4,10,12-13H2,1H3. The van der Waals surface area contributed by atoms with Crippen LogP contribution in [0.25, 0.3) is 0 Å². The molecule has 0 radical (unpaired) electrons. The van der Waals surface area contributed by atoms with Gasteiger partial charge < -0.3 is 4.74 Å². The summed E-state index contributed by atoms with van der Waals surface area (Å²) in [6.07, 6.45) is 2.57. The average Bonchev–Trinajstić information content (AvgIpc) is 3.43. The molecule has 1 aromatic carbocycles. The molecular formula is C20H21FN4O4S2. The van der Waals surface area contributed by atoms with E-state index < -0.39 is 10.0 Å². The number of carbonyl (C=O) groups is 1. The Kier molecular flexibility index (Phi) is 6.17. The number of carbonyl (C=O) groups excluding carboxylic acids is 1. The number of nitrogens with zero attached hydrogens (tertiary/aromatic N) is 4. The lowest BCUT2D eigenvalue weighted by Crippen LogP contribution is -2.38. The van der Waals surface area contributed by atoms with Crippen molar-refractivity contribution in [2.75, 3.05) is 19.3 Å². The molecule has 1 atom stereocenters. The summed E-state index contributed by atoms with van der Waals surface area (Å²) >= 11 is 1.28. The largest absolute Gasteiger partial charge is 0.458 e. The lowest BCUT2D eigenvalue weighted by atomic mass is 9.99. The molecule has 4 rings (SSSR count). The number of ether oxygens (including phenoxy) is 1. The summed E-state index contributed by atoms with van der Waals surface area (Å²) in [5, 5.41) is 6.18. The predicted molar refractivity (Wildman–Crippen MR) is 113 cm³/mol. The first-order valence-corrected chi connectivity index (χ1v) is 12.4. The molecule has 0 spiro atoms. The highest BCUT2D eigenvalue weighted by atomic mass is 32.2. The fourth-order valence-electron chi connectivity index (χ4n) is 3.40. The second-order valence-electron chi connectivity index (χ2n) is 7.32. The number of aromatic nitrogens is 3. The number of hydrogen-bond acceptors (Lipinski definition) is 7. The van der Waals surface area contributed by atoms with Gasteiger partial charge in [0.15, 0.2) is 5.82 Å². The second kappa shape index (κ2) is 8.85. The van der Waals surface area contributed by atoms with E-state index in [1.165, 1.54) is 34.0 Å². The molecule has 1 aliphatic rings. The zero-order chi connectivity index (χ0) is 22.0. The lowest BCUT2D eigenvalue weighted by Gasteiger charge is -2.29. The molecule has 31 heavy (non-hydrogen) atoms. The number of thiophene rings is 1. The SMILES string of the molecule is CS(=O)(=O)N1CCCC(c2nc(OCc3ccc(F)cc3)n(C(=O)c3cccs3)n2)C1. The number of hydrogen-bond donors (Lipinski definition) is 0. The zero-order valence-electron chi connectivity index (χ0n) is 16.8. The van der Waals surface area contributed by atoms with Gasteiger partial charge in [0, 0.05) is 19.0 Å². The van der Waals surface area contributed by atoms with Crippen molar-refractivity contribution in [1.82, 2.24) is 19.1 Å². The Morgan fingerprint density at radius 3 is 2.74 bits per heavy atom. The third-order valence-corrected chi connectivity index (χ3v) is 7.15. The summed E-state index contributed by atoms with van der Waals surface area (Å²) in [5.41, 5.74) is 0.710. The number of benzene rings is 1. The summed E-state index contributed by atoms with van der Waals surface area (Å²) in [6.45, 7) is 0.793. The minimum atomic E-state index is -3.33. The van der Waals surface area contributed by atoms with Crippen molar-refractivity contribution < 1.29 is 22.3 Å². The number of piperidine rings is 1. The van der Waals surface area contributed by atoms with E-state index in [2.05, 4.69) is 10.1 Å². The topological polar surface area (TPSA) is 94.4 Å². The minimum Gasteiger partial charge on any atom is -0.458 e. The fraction of sp³-hybridized carbons (Fsp3) is 0.350. The highest BCUT2D eigenvalue weighted by Gasteiger charge is 2.31. The molecular weight excluding hydrogens is 443 g/mol. The second-order valence-corrected chi connectivity index (χ2v) is 10.3. The third kappa shape index (κ3) is 5.00. The molecule has 3 heterocycles. The minimum absolute atomic E-state index is 0.0224. The maximum absolute atomic E-state index is 13.1. The van der Waals surface area contributed by atoms with Crippen LogP contribution in [0.1, 0.15) is 39.8 Å². The molecule has 0 aliphatic carbocycles. The molecule has 2 aromatic heterocycles. The first-order valence-electron chi connectivity index (χ1n) is 9.69. The molecule has 0 bridgehead atoms. The van der Waals surface area contributed by atoms with Crippen LogP contribution < -0.4 is 4.74 Å². The van der Waals surface area contributed by atoms with E-state index in [1.54, 1.807) is 29.6 Å². The van der Waals surface area contributed by atoms with Crippen molar-refractivity contribution in [2.24, 2.45) is 0 Å². The van der Waals surface area contributed by atoms with Crippen LogP contribution in [0, 0.1) is 5.82 Å². The van der Waals surface area contributed by atoms with Gasteiger partial charge in [0.1, 0.15) is 12.4 Å². The summed E-state index contributed by atoms with van der Waals surface area (Å²) < 4.78 is 45.3. The smallest absolute Gasteiger partial charge is 0.323 e. The van der Waals surface area contributed by atoms with Crippen LogP contribution >= 0.6 is 11.3 Å². The lowest BCUT2D eigenvalue weighted by molar-refractivity contribution is 0.0929. The molecule has 1 saturated heterocycles. The molecule has 8 nitrogen and oxygen atoms in total. The van der Waals surface area contributed by atoms with Gasteiger partial charge in [-0.1, -0.05) is 18.2 Å². The van der Waals surface area contributed by atoms with Crippen LogP contribution in [0.5, 0.6) is 6.01 Å². The van der Waals surface area contributed by atoms with E-state index >= 15 is 0 Å². The fourth-order valence-corrected chi connectivity index (χ4v) is 4.96. The van der Waals surface area contributed by atoms with Crippen molar-refractivity contribution in [3.8, 4) is 6.01 Å². The Bertz CT molecular complexity index is 1160. The summed E-state index contributed by atoms with van der Waals surface area (Å²) in [7, 11) is -3.33. The van der Waals surface area contributed by atoms with Gasteiger partial charge in [-0.15, -0.1) is 21.1 Å². The molecule has 0 saturated carbocycles. The Balaban J connectivity index is 1.61. The van der Waals surface area contributed by atoms with E-state index in [1.807, 2.05) is 0 Å². The predicted octanol–water partition coefficient (Wildman–Crippen LogP) is 2.89. The van der Waals surface area contributed by atoms with Crippen molar-refractivity contribution in [3.05, 3.63) is 63.9 Å². The van der Waals surface area contributed by atoms with Crippen molar-refractivity contribution in [3.63, 3.8) is 0 Å². The summed E-state index contributed by atoms with van der Waals surface area (Å²) in [5.74, 6) is -0.602.